The number of rotatable bonds is 0. The van der Waals surface area contributed by atoms with Gasteiger partial charge in [-0.1, -0.05) is 18.2 Å². The van der Waals surface area contributed by atoms with E-state index in [0.29, 0.717) is 18.5 Å². The van der Waals surface area contributed by atoms with Crippen molar-refractivity contribution in [3.8, 4) is 11.4 Å². The summed E-state index contributed by atoms with van der Waals surface area (Å²) < 4.78 is 6.97. The van der Waals surface area contributed by atoms with E-state index >= 15 is 0 Å². The van der Waals surface area contributed by atoms with Crippen molar-refractivity contribution in [1.29, 1.82) is 0 Å². The third-order valence-corrected chi connectivity index (χ3v) is 4.68. The van der Waals surface area contributed by atoms with Crippen molar-refractivity contribution in [1.82, 2.24) is 9.55 Å². The Balaban J connectivity index is 1.78. The van der Waals surface area contributed by atoms with E-state index in [9.17, 15) is 9.90 Å². The van der Waals surface area contributed by atoms with Crippen molar-refractivity contribution in [2.24, 2.45) is 0 Å². The van der Waals surface area contributed by atoms with Gasteiger partial charge in [0.2, 0.25) is 0 Å². The first kappa shape index (κ1) is 13.0. The van der Waals surface area contributed by atoms with Gasteiger partial charge in [0.1, 0.15) is 0 Å². The van der Waals surface area contributed by atoms with Crippen LogP contribution in [0.5, 0.6) is 0 Å². The van der Waals surface area contributed by atoms with Crippen LogP contribution in [0.4, 0.5) is 0 Å². The van der Waals surface area contributed by atoms with Crippen LogP contribution in [0.15, 0.2) is 41.2 Å². The molecule has 114 valence electrons. The average Bonchev–Trinajstić information content (AvgIpc) is 2.91. The van der Waals surface area contributed by atoms with E-state index in [4.69, 9.17) is 9.72 Å². The summed E-state index contributed by atoms with van der Waals surface area (Å²) in [5.74, 6) is 0. The minimum Gasteiger partial charge on any atom is -0.368 e. The maximum atomic E-state index is 12.7. The smallest absolute Gasteiger partial charge is 0.257 e. The molecule has 0 radical (unpaired) electrons. The van der Waals surface area contributed by atoms with E-state index < -0.39 is 6.29 Å². The third kappa shape index (κ3) is 1.81. The zero-order valence-electron chi connectivity index (χ0n) is 12.3. The van der Waals surface area contributed by atoms with Crippen LogP contribution in [0.3, 0.4) is 0 Å². The van der Waals surface area contributed by atoms with Gasteiger partial charge >= 0.3 is 0 Å². The lowest BCUT2D eigenvalue weighted by Crippen LogP contribution is -2.31. The lowest BCUT2D eigenvalue weighted by molar-refractivity contribution is -0.115. The van der Waals surface area contributed by atoms with Crippen LogP contribution >= 0.6 is 0 Å². The average molecular weight is 306 g/mol. The molecule has 0 saturated carbocycles. The molecule has 5 heteroatoms. The van der Waals surface area contributed by atoms with Crippen LogP contribution in [-0.4, -0.2) is 20.9 Å². The molecule has 0 aliphatic carbocycles. The van der Waals surface area contributed by atoms with Crippen molar-refractivity contribution in [3.05, 3.63) is 63.4 Å². The number of benzene rings is 1. The molecule has 0 amide bonds. The number of nitrogens with zero attached hydrogens (tertiary/aromatic N) is 2. The highest BCUT2D eigenvalue weighted by atomic mass is 16.6. The molecule has 0 bridgehead atoms. The molecule has 0 saturated heterocycles. The number of pyridine rings is 2. The first-order valence-corrected chi connectivity index (χ1v) is 7.65. The van der Waals surface area contributed by atoms with Gasteiger partial charge in [0.25, 0.3) is 5.56 Å². The van der Waals surface area contributed by atoms with Crippen LogP contribution in [-0.2, 0) is 24.3 Å². The van der Waals surface area contributed by atoms with Gasteiger partial charge in [-0.05, 0) is 23.8 Å². The summed E-state index contributed by atoms with van der Waals surface area (Å²) >= 11 is 0. The van der Waals surface area contributed by atoms with Crippen molar-refractivity contribution in [2.45, 2.75) is 25.9 Å². The molecule has 0 spiro atoms. The summed E-state index contributed by atoms with van der Waals surface area (Å²) in [7, 11) is 0. The van der Waals surface area contributed by atoms with Gasteiger partial charge in [-0.15, -0.1) is 0 Å². The molecule has 2 aliphatic heterocycles. The number of para-hydroxylation sites is 1. The topological polar surface area (TPSA) is 64.4 Å². The Bertz CT molecular complexity index is 1020. The second kappa shape index (κ2) is 4.50. The Hall–Kier alpha value is -2.50. The first-order chi connectivity index (χ1) is 11.2. The highest BCUT2D eigenvalue weighted by Gasteiger charge is 2.28. The fourth-order valence-electron chi connectivity index (χ4n) is 3.53. The predicted octanol–water partition coefficient (Wildman–Crippen LogP) is 1.82. The van der Waals surface area contributed by atoms with Gasteiger partial charge in [0.05, 0.1) is 30.1 Å². The van der Waals surface area contributed by atoms with Gasteiger partial charge < -0.3 is 14.4 Å². The predicted molar refractivity (Wildman–Crippen MR) is 85.0 cm³/mol. The van der Waals surface area contributed by atoms with E-state index in [1.807, 2.05) is 30.3 Å². The molecule has 23 heavy (non-hydrogen) atoms. The van der Waals surface area contributed by atoms with Crippen LogP contribution in [0.2, 0.25) is 0 Å². The van der Waals surface area contributed by atoms with Crippen molar-refractivity contribution < 1.29 is 9.84 Å². The van der Waals surface area contributed by atoms with E-state index in [-0.39, 0.29) is 12.2 Å². The van der Waals surface area contributed by atoms with Gasteiger partial charge in [-0.2, -0.15) is 0 Å². The minimum atomic E-state index is -0.838. The number of aliphatic hydroxyl groups is 1. The van der Waals surface area contributed by atoms with E-state index in [1.54, 1.807) is 4.57 Å². The van der Waals surface area contributed by atoms with Crippen LogP contribution < -0.4 is 5.56 Å². The van der Waals surface area contributed by atoms with E-state index in [1.165, 1.54) is 0 Å². The van der Waals surface area contributed by atoms with Crippen molar-refractivity contribution in [3.63, 3.8) is 0 Å². The molecular formula is C18H14N2O3. The van der Waals surface area contributed by atoms with Crippen LogP contribution in [0.25, 0.3) is 22.3 Å². The van der Waals surface area contributed by atoms with Crippen molar-refractivity contribution in [2.75, 3.05) is 0 Å². The lowest BCUT2D eigenvalue weighted by atomic mass is 10.0. The molecule has 1 N–H and O–H groups in total. The molecule has 1 unspecified atom stereocenters. The molecule has 2 aromatic heterocycles. The van der Waals surface area contributed by atoms with E-state index in [2.05, 4.69) is 6.07 Å². The van der Waals surface area contributed by atoms with Crippen LogP contribution in [0.1, 0.15) is 16.7 Å². The summed E-state index contributed by atoms with van der Waals surface area (Å²) in [5.41, 5.74) is 5.16. The second-order valence-corrected chi connectivity index (χ2v) is 6.08. The molecule has 0 fully saturated rings. The third-order valence-electron chi connectivity index (χ3n) is 4.68. The Morgan fingerprint density at radius 2 is 2.09 bits per heavy atom. The van der Waals surface area contributed by atoms with Gasteiger partial charge in [-0.3, -0.25) is 4.79 Å². The maximum absolute atomic E-state index is 12.7. The molecule has 1 atom stereocenters. The number of fused-ring (bicyclic) bond motifs is 5. The second-order valence-electron chi connectivity index (χ2n) is 6.08. The standard InChI is InChI=1S/C18H14N2O3/c21-16-7-11-6-15-17-12(5-10-3-1-2-4-14(10)19-17)8-20(15)18(22)13(11)9-23-16/h1-6,16,21H,7-9H2. The number of aliphatic hydroxyl groups excluding tert-OH is 1. The first-order valence-electron chi connectivity index (χ1n) is 7.65. The molecule has 2 aliphatic rings. The zero-order valence-corrected chi connectivity index (χ0v) is 12.3. The van der Waals surface area contributed by atoms with Gasteiger partial charge in [0.15, 0.2) is 6.29 Å². The molecule has 4 heterocycles. The Kier molecular flexibility index (Phi) is 2.54. The van der Waals surface area contributed by atoms with Crippen LogP contribution in [0, 0.1) is 0 Å². The zero-order chi connectivity index (χ0) is 15.6. The Labute approximate surface area is 131 Å². The summed E-state index contributed by atoms with van der Waals surface area (Å²) in [6, 6.07) is 12.0. The van der Waals surface area contributed by atoms with Gasteiger partial charge in [-0.25, -0.2) is 4.98 Å². The number of hydrogen-bond donors (Lipinski definition) is 1. The Morgan fingerprint density at radius 3 is 3.00 bits per heavy atom. The fourth-order valence-corrected chi connectivity index (χ4v) is 3.53. The number of hydrogen-bond acceptors (Lipinski definition) is 4. The minimum absolute atomic E-state index is 0.0357. The summed E-state index contributed by atoms with van der Waals surface area (Å²) in [5, 5.41) is 10.8. The molecule has 3 aromatic rings. The Morgan fingerprint density at radius 1 is 1.22 bits per heavy atom. The highest BCUT2D eigenvalue weighted by Crippen LogP contribution is 2.33. The molecule has 5 nitrogen and oxygen atoms in total. The summed E-state index contributed by atoms with van der Waals surface area (Å²) in [6.07, 6.45) is -0.489. The molecular weight excluding hydrogens is 292 g/mol. The fraction of sp³-hybridized carbons (Fsp3) is 0.222. The molecule has 5 rings (SSSR count). The summed E-state index contributed by atoms with van der Waals surface area (Å²) in [4.78, 5) is 17.5. The number of aromatic nitrogens is 2. The maximum Gasteiger partial charge on any atom is 0.257 e. The molecule has 1 aromatic carbocycles. The van der Waals surface area contributed by atoms with Gasteiger partial charge in [0, 0.05) is 22.9 Å². The van der Waals surface area contributed by atoms with Crippen molar-refractivity contribution >= 4 is 10.9 Å². The normalized spacial score (nSPS) is 18.6. The quantitative estimate of drug-likeness (QED) is 0.538. The lowest BCUT2D eigenvalue weighted by Gasteiger charge is -2.21. The van der Waals surface area contributed by atoms with E-state index in [0.717, 1.165) is 33.4 Å². The summed E-state index contributed by atoms with van der Waals surface area (Å²) in [6.45, 7) is 0.707. The number of ether oxygens (including phenoxy) is 1. The SMILES string of the molecule is O=c1c2c(cc3n1Cc1cc4ccccc4nc1-3)CC(O)OC2. The largest absolute Gasteiger partial charge is 0.368 e. The monoisotopic (exact) mass is 306 g/mol. The highest BCUT2D eigenvalue weighted by molar-refractivity contribution is 5.83.